The lowest BCUT2D eigenvalue weighted by Gasteiger charge is -2.27. The van der Waals surface area contributed by atoms with Crippen LogP contribution in [0.2, 0.25) is 0 Å². The fraction of sp³-hybridized carbons (Fsp3) is 0.375. The summed E-state index contributed by atoms with van der Waals surface area (Å²) in [5, 5.41) is 0. The Bertz CT molecular complexity index is 583. The standard InChI is InChI=1S/C16H20N2O2S/c1-4-14(12-6-5-9-17-10-12)18(2)16(19)15-8-7-13(21-15)11-20-3/h5-10,14H,4,11H2,1-3H3/t14-/m1/s1. The van der Waals surface area contributed by atoms with E-state index in [9.17, 15) is 4.79 Å². The van der Waals surface area contributed by atoms with Crippen molar-refractivity contribution in [3.05, 3.63) is 52.0 Å². The van der Waals surface area contributed by atoms with E-state index in [0.717, 1.165) is 21.7 Å². The Hall–Kier alpha value is -1.72. The molecule has 112 valence electrons. The summed E-state index contributed by atoms with van der Waals surface area (Å²) in [5.74, 6) is 0.0399. The van der Waals surface area contributed by atoms with Gasteiger partial charge < -0.3 is 9.64 Å². The molecule has 0 spiro atoms. The minimum absolute atomic E-state index is 0.0399. The van der Waals surface area contributed by atoms with Gasteiger partial charge in [0.05, 0.1) is 17.5 Å². The average Bonchev–Trinajstić information content (AvgIpc) is 2.97. The van der Waals surface area contributed by atoms with E-state index >= 15 is 0 Å². The number of ether oxygens (including phenoxy) is 1. The first-order valence-electron chi connectivity index (χ1n) is 6.92. The normalized spacial score (nSPS) is 12.1. The summed E-state index contributed by atoms with van der Waals surface area (Å²) in [4.78, 5) is 20.3. The SMILES string of the molecule is CC[C@H](c1cccnc1)N(C)C(=O)c1ccc(COC)s1. The van der Waals surface area contributed by atoms with Crippen LogP contribution in [0.3, 0.4) is 0 Å². The van der Waals surface area contributed by atoms with Crippen LogP contribution in [0.5, 0.6) is 0 Å². The van der Waals surface area contributed by atoms with Gasteiger partial charge in [-0.25, -0.2) is 0 Å². The summed E-state index contributed by atoms with van der Waals surface area (Å²) >= 11 is 1.49. The van der Waals surface area contributed by atoms with Crippen molar-refractivity contribution < 1.29 is 9.53 Å². The van der Waals surface area contributed by atoms with Crippen molar-refractivity contribution in [3.8, 4) is 0 Å². The Morgan fingerprint density at radius 3 is 2.86 bits per heavy atom. The van der Waals surface area contributed by atoms with E-state index in [0.29, 0.717) is 6.61 Å². The first-order valence-corrected chi connectivity index (χ1v) is 7.73. The minimum Gasteiger partial charge on any atom is -0.379 e. The fourth-order valence-corrected chi connectivity index (χ4v) is 3.30. The van der Waals surface area contributed by atoms with Gasteiger partial charge in [-0.2, -0.15) is 0 Å². The summed E-state index contributed by atoms with van der Waals surface area (Å²) in [6.07, 6.45) is 4.42. The van der Waals surface area contributed by atoms with Crippen LogP contribution in [0.25, 0.3) is 0 Å². The highest BCUT2D eigenvalue weighted by atomic mass is 32.1. The van der Waals surface area contributed by atoms with Crippen molar-refractivity contribution in [1.29, 1.82) is 0 Å². The molecule has 0 aliphatic heterocycles. The van der Waals surface area contributed by atoms with Crippen LogP contribution in [0.15, 0.2) is 36.7 Å². The van der Waals surface area contributed by atoms with Gasteiger partial charge in [0.15, 0.2) is 0 Å². The Labute approximate surface area is 129 Å². The number of carbonyl (C=O) groups excluding carboxylic acids is 1. The van der Waals surface area contributed by atoms with Gasteiger partial charge in [0.2, 0.25) is 0 Å². The molecule has 1 atom stereocenters. The monoisotopic (exact) mass is 304 g/mol. The molecule has 0 radical (unpaired) electrons. The molecule has 0 N–H and O–H groups in total. The lowest BCUT2D eigenvalue weighted by molar-refractivity contribution is 0.0731. The largest absolute Gasteiger partial charge is 0.379 e. The predicted molar refractivity (Wildman–Crippen MR) is 84.4 cm³/mol. The molecular formula is C16H20N2O2S. The van der Waals surface area contributed by atoms with Gasteiger partial charge in [-0.05, 0) is 30.2 Å². The molecule has 4 nitrogen and oxygen atoms in total. The summed E-state index contributed by atoms with van der Waals surface area (Å²) in [6.45, 7) is 2.62. The van der Waals surface area contributed by atoms with E-state index in [4.69, 9.17) is 4.74 Å². The van der Waals surface area contributed by atoms with Gasteiger partial charge in [-0.15, -0.1) is 11.3 Å². The molecule has 2 aromatic rings. The molecule has 0 aliphatic rings. The number of carbonyl (C=O) groups is 1. The summed E-state index contributed by atoms with van der Waals surface area (Å²) < 4.78 is 5.10. The Morgan fingerprint density at radius 2 is 2.24 bits per heavy atom. The van der Waals surface area contributed by atoms with E-state index in [-0.39, 0.29) is 11.9 Å². The number of pyridine rings is 1. The third kappa shape index (κ3) is 3.68. The van der Waals surface area contributed by atoms with Crippen LogP contribution in [-0.4, -0.2) is 29.9 Å². The topological polar surface area (TPSA) is 42.4 Å². The molecule has 2 aromatic heterocycles. The van der Waals surface area contributed by atoms with Crippen LogP contribution in [0.4, 0.5) is 0 Å². The van der Waals surface area contributed by atoms with Crippen molar-refractivity contribution in [2.75, 3.05) is 14.2 Å². The van der Waals surface area contributed by atoms with Crippen molar-refractivity contribution in [2.45, 2.75) is 26.0 Å². The summed E-state index contributed by atoms with van der Waals surface area (Å²) in [6, 6.07) is 7.77. The van der Waals surface area contributed by atoms with Crippen molar-refractivity contribution in [1.82, 2.24) is 9.88 Å². The molecule has 1 amide bonds. The van der Waals surface area contributed by atoms with E-state index in [1.165, 1.54) is 11.3 Å². The molecule has 0 fully saturated rings. The number of amides is 1. The molecule has 5 heteroatoms. The fourth-order valence-electron chi connectivity index (χ4n) is 2.33. The van der Waals surface area contributed by atoms with E-state index in [1.54, 1.807) is 18.2 Å². The number of hydrogen-bond donors (Lipinski definition) is 0. The van der Waals surface area contributed by atoms with Gasteiger partial charge >= 0.3 is 0 Å². The zero-order valence-electron chi connectivity index (χ0n) is 12.6. The van der Waals surface area contributed by atoms with Gasteiger partial charge in [0, 0.05) is 31.4 Å². The summed E-state index contributed by atoms with van der Waals surface area (Å²) in [5.41, 5.74) is 1.06. The smallest absolute Gasteiger partial charge is 0.264 e. The van der Waals surface area contributed by atoms with Crippen LogP contribution in [0, 0.1) is 0 Å². The zero-order valence-corrected chi connectivity index (χ0v) is 13.4. The molecule has 0 bridgehead atoms. The van der Waals surface area contributed by atoms with Crippen LogP contribution in [0.1, 0.15) is 39.5 Å². The number of rotatable bonds is 6. The predicted octanol–water partition coefficient (Wildman–Crippen LogP) is 3.51. The number of thiophene rings is 1. The molecular weight excluding hydrogens is 284 g/mol. The minimum atomic E-state index is 0.0399. The van der Waals surface area contributed by atoms with E-state index in [2.05, 4.69) is 11.9 Å². The Morgan fingerprint density at radius 1 is 1.43 bits per heavy atom. The molecule has 2 heterocycles. The van der Waals surface area contributed by atoms with Gasteiger partial charge in [0.25, 0.3) is 5.91 Å². The number of aromatic nitrogens is 1. The molecule has 2 rings (SSSR count). The van der Waals surface area contributed by atoms with Gasteiger partial charge in [0.1, 0.15) is 0 Å². The molecule has 21 heavy (non-hydrogen) atoms. The molecule has 0 saturated heterocycles. The highest BCUT2D eigenvalue weighted by Gasteiger charge is 2.22. The first-order chi connectivity index (χ1) is 10.2. The maximum Gasteiger partial charge on any atom is 0.264 e. The van der Waals surface area contributed by atoms with Gasteiger partial charge in [-0.1, -0.05) is 13.0 Å². The van der Waals surface area contributed by atoms with E-state index < -0.39 is 0 Å². The van der Waals surface area contributed by atoms with E-state index in [1.807, 2.05) is 37.5 Å². The van der Waals surface area contributed by atoms with Crippen molar-refractivity contribution >= 4 is 17.2 Å². The third-order valence-corrected chi connectivity index (χ3v) is 4.45. The molecule has 0 unspecified atom stereocenters. The number of methoxy groups -OCH3 is 1. The molecule has 0 saturated carbocycles. The zero-order chi connectivity index (χ0) is 15.2. The Balaban J connectivity index is 2.16. The van der Waals surface area contributed by atoms with Crippen molar-refractivity contribution in [3.63, 3.8) is 0 Å². The summed E-state index contributed by atoms with van der Waals surface area (Å²) in [7, 11) is 3.50. The number of nitrogens with zero attached hydrogens (tertiary/aromatic N) is 2. The lowest BCUT2D eigenvalue weighted by Crippen LogP contribution is -2.30. The maximum atomic E-state index is 12.6. The third-order valence-electron chi connectivity index (χ3n) is 3.40. The second-order valence-electron chi connectivity index (χ2n) is 4.83. The molecule has 0 aliphatic carbocycles. The Kier molecular flexibility index (Phi) is 5.47. The van der Waals surface area contributed by atoms with Crippen molar-refractivity contribution in [2.24, 2.45) is 0 Å². The van der Waals surface area contributed by atoms with Crippen LogP contribution >= 0.6 is 11.3 Å². The highest BCUT2D eigenvalue weighted by Crippen LogP contribution is 2.26. The van der Waals surface area contributed by atoms with Crippen LogP contribution < -0.4 is 0 Å². The van der Waals surface area contributed by atoms with Gasteiger partial charge in [-0.3, -0.25) is 9.78 Å². The lowest BCUT2D eigenvalue weighted by atomic mass is 10.1. The maximum absolute atomic E-state index is 12.6. The second kappa shape index (κ2) is 7.33. The molecule has 0 aromatic carbocycles. The first kappa shape index (κ1) is 15.7. The highest BCUT2D eigenvalue weighted by molar-refractivity contribution is 7.14. The number of hydrogen-bond acceptors (Lipinski definition) is 4. The second-order valence-corrected chi connectivity index (χ2v) is 5.99. The van der Waals surface area contributed by atoms with Crippen LogP contribution in [-0.2, 0) is 11.3 Å². The quantitative estimate of drug-likeness (QED) is 0.820. The average molecular weight is 304 g/mol.